The van der Waals surface area contributed by atoms with Crippen molar-refractivity contribution in [3.05, 3.63) is 28.2 Å². The van der Waals surface area contributed by atoms with E-state index in [0.29, 0.717) is 0 Å². The molecule has 1 aliphatic rings. The van der Waals surface area contributed by atoms with E-state index >= 15 is 0 Å². The fraction of sp³-hybridized carbons (Fsp3) is 0.375. The van der Waals surface area contributed by atoms with Crippen LogP contribution in [-0.2, 0) is 19.1 Å². The molecule has 26 heavy (non-hydrogen) atoms. The second kappa shape index (κ2) is 9.98. The van der Waals surface area contributed by atoms with E-state index in [9.17, 15) is 19.2 Å². The average molecular weight is 461 g/mol. The monoisotopic (exact) mass is 460 g/mol. The lowest BCUT2D eigenvalue weighted by Gasteiger charge is -2.13. The number of hydrogen-bond acceptors (Lipinski definition) is 7. The van der Waals surface area contributed by atoms with Crippen LogP contribution in [0.25, 0.3) is 0 Å². The van der Waals surface area contributed by atoms with Crippen molar-refractivity contribution in [2.45, 2.75) is 11.8 Å². The predicted molar refractivity (Wildman–Crippen MR) is 103 cm³/mol. The van der Waals surface area contributed by atoms with Crippen molar-refractivity contribution in [2.75, 3.05) is 31.2 Å². The molecule has 1 fully saturated rings. The van der Waals surface area contributed by atoms with Crippen LogP contribution in [0, 0.1) is 6.92 Å². The molecular weight excluding hydrogens is 444 g/mol. The highest BCUT2D eigenvalue weighted by atomic mass is 79.9. The Morgan fingerprint density at radius 1 is 1.38 bits per heavy atom. The minimum atomic E-state index is -0.492. The molecule has 2 rings (SSSR count). The number of rotatable bonds is 8. The van der Waals surface area contributed by atoms with Gasteiger partial charge in [-0.15, -0.1) is 11.8 Å². The Hall–Kier alpha value is -1.52. The van der Waals surface area contributed by atoms with Crippen molar-refractivity contribution >= 4 is 62.5 Å². The Kier molecular flexibility index (Phi) is 7.98. The molecule has 0 aromatic heterocycles. The number of amides is 3. The molecule has 0 unspecified atom stereocenters. The molecule has 10 heteroatoms. The molecule has 0 aliphatic carbocycles. The molecule has 1 saturated heterocycles. The molecule has 1 aromatic rings. The molecule has 1 heterocycles. The lowest BCUT2D eigenvalue weighted by atomic mass is 10.2. The number of benzene rings is 1. The molecule has 0 atom stereocenters. The van der Waals surface area contributed by atoms with Crippen molar-refractivity contribution in [3.8, 4) is 0 Å². The minimum absolute atomic E-state index is 0.101. The van der Waals surface area contributed by atoms with Crippen molar-refractivity contribution in [1.29, 1.82) is 0 Å². The molecule has 0 spiro atoms. The largest absolute Gasteiger partial charge is 0.455 e. The first-order valence-electron chi connectivity index (χ1n) is 7.65. The van der Waals surface area contributed by atoms with E-state index in [1.807, 2.05) is 25.1 Å². The van der Waals surface area contributed by atoms with Gasteiger partial charge in [0.25, 0.3) is 11.1 Å². The Morgan fingerprint density at radius 2 is 2.15 bits per heavy atom. The normalized spacial score (nSPS) is 13.8. The van der Waals surface area contributed by atoms with Gasteiger partial charge < -0.3 is 10.1 Å². The zero-order chi connectivity index (χ0) is 19.1. The Morgan fingerprint density at radius 3 is 2.81 bits per heavy atom. The maximum atomic E-state index is 11.7. The standard InChI is InChI=1S/C16H17BrN2O5S2/c1-10-6-11(17)2-3-12(10)25-9-15(22)24-7-13(20)18-4-5-19-14(21)8-26-16(19)23/h2-3,6H,4-5,7-9H2,1H3,(H,18,20). The number of carbonyl (C=O) groups is 4. The van der Waals surface area contributed by atoms with Crippen LogP contribution in [0.15, 0.2) is 27.6 Å². The van der Waals surface area contributed by atoms with Crippen molar-refractivity contribution < 1.29 is 23.9 Å². The van der Waals surface area contributed by atoms with Gasteiger partial charge in [0.2, 0.25) is 5.91 Å². The lowest BCUT2D eigenvalue weighted by molar-refractivity contribution is -0.145. The first-order valence-corrected chi connectivity index (χ1v) is 10.4. The maximum absolute atomic E-state index is 11.7. The lowest BCUT2D eigenvalue weighted by Crippen LogP contribution is -2.38. The number of ether oxygens (including phenoxy) is 1. The molecule has 140 valence electrons. The summed E-state index contributed by atoms with van der Waals surface area (Å²) in [5.41, 5.74) is 1.04. The predicted octanol–water partition coefficient (Wildman–Crippen LogP) is 2.20. The van der Waals surface area contributed by atoms with Crippen LogP contribution in [0.2, 0.25) is 0 Å². The number of nitrogens with zero attached hydrogens (tertiary/aromatic N) is 1. The van der Waals surface area contributed by atoms with E-state index in [4.69, 9.17) is 4.74 Å². The Bertz CT molecular complexity index is 713. The Labute approximate surface area is 167 Å². The van der Waals surface area contributed by atoms with E-state index in [0.717, 1.165) is 31.6 Å². The summed E-state index contributed by atoms with van der Waals surface area (Å²) in [6, 6.07) is 5.75. The highest BCUT2D eigenvalue weighted by Crippen LogP contribution is 2.25. The van der Waals surface area contributed by atoms with Crippen LogP contribution in [0.3, 0.4) is 0 Å². The topological polar surface area (TPSA) is 92.8 Å². The first kappa shape index (κ1) is 20.8. The van der Waals surface area contributed by atoms with Gasteiger partial charge in [-0.05, 0) is 30.7 Å². The molecule has 1 N–H and O–H groups in total. The number of thioether (sulfide) groups is 2. The fourth-order valence-corrected chi connectivity index (χ4v) is 4.09. The molecule has 0 bridgehead atoms. The molecule has 3 amide bonds. The highest BCUT2D eigenvalue weighted by molar-refractivity contribution is 9.10. The van der Waals surface area contributed by atoms with Gasteiger partial charge in [-0.3, -0.25) is 24.1 Å². The van der Waals surface area contributed by atoms with Gasteiger partial charge >= 0.3 is 5.97 Å². The number of hydrogen-bond donors (Lipinski definition) is 1. The van der Waals surface area contributed by atoms with E-state index in [1.54, 1.807) is 0 Å². The summed E-state index contributed by atoms with van der Waals surface area (Å²) in [6.07, 6.45) is 0. The number of carbonyl (C=O) groups excluding carboxylic acids is 4. The maximum Gasteiger partial charge on any atom is 0.316 e. The van der Waals surface area contributed by atoms with Crippen LogP contribution in [0.1, 0.15) is 5.56 Å². The average Bonchev–Trinajstić information content (AvgIpc) is 2.91. The fourth-order valence-electron chi connectivity index (χ4n) is 2.05. The zero-order valence-corrected chi connectivity index (χ0v) is 17.2. The summed E-state index contributed by atoms with van der Waals surface area (Å²) in [4.78, 5) is 48.2. The van der Waals surface area contributed by atoms with Gasteiger partial charge in [0.05, 0.1) is 11.5 Å². The number of esters is 1. The molecule has 1 aromatic carbocycles. The van der Waals surface area contributed by atoms with Crippen molar-refractivity contribution in [1.82, 2.24) is 10.2 Å². The summed E-state index contributed by atoms with van der Waals surface area (Å²) >= 11 is 5.66. The molecular formula is C16H17BrN2O5S2. The third-order valence-electron chi connectivity index (χ3n) is 3.34. The van der Waals surface area contributed by atoms with Crippen molar-refractivity contribution in [2.24, 2.45) is 0 Å². The summed E-state index contributed by atoms with van der Waals surface area (Å²) in [5, 5.41) is 2.20. The second-order valence-electron chi connectivity index (χ2n) is 5.31. The number of imide groups is 1. The van der Waals surface area contributed by atoms with E-state index in [2.05, 4.69) is 21.2 Å². The van der Waals surface area contributed by atoms with E-state index in [-0.39, 0.29) is 35.7 Å². The molecule has 0 radical (unpaired) electrons. The van der Waals surface area contributed by atoms with Gasteiger partial charge in [-0.25, -0.2) is 0 Å². The van der Waals surface area contributed by atoms with Gasteiger partial charge in [-0.2, -0.15) is 0 Å². The smallest absolute Gasteiger partial charge is 0.316 e. The second-order valence-corrected chi connectivity index (χ2v) is 8.17. The van der Waals surface area contributed by atoms with Crippen LogP contribution in [0.4, 0.5) is 4.79 Å². The van der Waals surface area contributed by atoms with Crippen LogP contribution in [0.5, 0.6) is 0 Å². The van der Waals surface area contributed by atoms with E-state index < -0.39 is 18.5 Å². The molecule has 1 aliphatic heterocycles. The van der Waals surface area contributed by atoms with Gasteiger partial charge in [-0.1, -0.05) is 27.7 Å². The van der Waals surface area contributed by atoms with Gasteiger partial charge in [0.15, 0.2) is 6.61 Å². The minimum Gasteiger partial charge on any atom is -0.455 e. The van der Waals surface area contributed by atoms with Crippen molar-refractivity contribution in [3.63, 3.8) is 0 Å². The third kappa shape index (κ3) is 6.33. The van der Waals surface area contributed by atoms with Crippen LogP contribution < -0.4 is 5.32 Å². The number of nitrogens with one attached hydrogen (secondary N) is 1. The number of halogens is 1. The molecule has 7 nitrogen and oxygen atoms in total. The first-order chi connectivity index (χ1) is 12.4. The quantitative estimate of drug-likeness (QED) is 0.469. The SMILES string of the molecule is Cc1cc(Br)ccc1SCC(=O)OCC(=O)NCCN1C(=O)CSC1=O. The summed E-state index contributed by atoms with van der Waals surface area (Å²) < 4.78 is 5.89. The van der Waals surface area contributed by atoms with Gasteiger partial charge in [0.1, 0.15) is 0 Å². The van der Waals surface area contributed by atoms with Gasteiger partial charge in [0, 0.05) is 22.5 Å². The summed E-state index contributed by atoms with van der Waals surface area (Å²) in [5.74, 6) is -0.992. The van der Waals surface area contributed by atoms with Crippen LogP contribution in [-0.4, -0.2) is 59.1 Å². The van der Waals surface area contributed by atoms with Crippen LogP contribution >= 0.6 is 39.5 Å². The number of aryl methyl sites for hydroxylation is 1. The zero-order valence-electron chi connectivity index (χ0n) is 14.0. The summed E-state index contributed by atoms with van der Waals surface area (Å²) in [7, 11) is 0. The third-order valence-corrected chi connectivity index (χ3v) is 5.85. The summed E-state index contributed by atoms with van der Waals surface area (Å²) in [6.45, 7) is 1.79. The molecule has 0 saturated carbocycles. The van der Waals surface area contributed by atoms with E-state index in [1.165, 1.54) is 11.8 Å². The Balaban J connectivity index is 1.63. The highest BCUT2D eigenvalue weighted by Gasteiger charge is 2.29.